The van der Waals surface area contributed by atoms with E-state index in [4.69, 9.17) is 0 Å². The standard InChI is InChI=1S/C58H111NO5/c1-3-5-7-9-11-13-15-17-19-20-21-22-23-24-25-26-27-28-29-30-31-32-33-34-35-36-37-38-40-42-44-46-48-50-52-56(62)58(64)59-54(53-60)57(63)55(61)51-49-47-45-43-41-39-18-16-14-12-10-8-6-4-2/h16,18,26-27,43,45,54-57,60-63H,3-15,17,19-25,28-42,44,46-53H2,1-2H3,(H,59,64)/b18-16+,27-26-,45-43+. The third-order valence-electron chi connectivity index (χ3n) is 13.3. The number of amides is 1. The minimum absolute atomic E-state index is 0.362. The Morgan fingerprint density at radius 2 is 0.656 bits per heavy atom. The van der Waals surface area contributed by atoms with Crippen molar-refractivity contribution >= 4 is 5.91 Å². The summed E-state index contributed by atoms with van der Waals surface area (Å²) in [7, 11) is 0. The molecule has 4 atom stereocenters. The average molecular weight is 903 g/mol. The van der Waals surface area contributed by atoms with Crippen molar-refractivity contribution in [2.24, 2.45) is 0 Å². The van der Waals surface area contributed by atoms with E-state index in [1.807, 2.05) is 0 Å². The molecule has 0 fully saturated rings. The maximum absolute atomic E-state index is 12.6. The van der Waals surface area contributed by atoms with Gasteiger partial charge in [-0.2, -0.15) is 0 Å². The van der Waals surface area contributed by atoms with Gasteiger partial charge in [0.05, 0.1) is 18.8 Å². The van der Waals surface area contributed by atoms with E-state index in [1.165, 1.54) is 225 Å². The molecule has 0 saturated carbocycles. The lowest BCUT2D eigenvalue weighted by Gasteiger charge is -2.27. The van der Waals surface area contributed by atoms with E-state index in [-0.39, 0.29) is 0 Å². The van der Waals surface area contributed by atoms with Gasteiger partial charge in [0, 0.05) is 0 Å². The van der Waals surface area contributed by atoms with Gasteiger partial charge in [-0.1, -0.05) is 256 Å². The van der Waals surface area contributed by atoms with Gasteiger partial charge < -0.3 is 25.7 Å². The van der Waals surface area contributed by atoms with Crippen molar-refractivity contribution in [1.82, 2.24) is 5.32 Å². The summed E-state index contributed by atoms with van der Waals surface area (Å²) in [6.07, 6.45) is 65.2. The van der Waals surface area contributed by atoms with E-state index >= 15 is 0 Å². The average Bonchev–Trinajstić information content (AvgIpc) is 3.30. The summed E-state index contributed by atoms with van der Waals surface area (Å²) in [5.41, 5.74) is 0. The van der Waals surface area contributed by atoms with E-state index < -0.39 is 36.9 Å². The maximum Gasteiger partial charge on any atom is 0.249 e. The van der Waals surface area contributed by atoms with Gasteiger partial charge in [0.2, 0.25) is 5.91 Å². The van der Waals surface area contributed by atoms with Crippen LogP contribution in [0.4, 0.5) is 0 Å². The van der Waals surface area contributed by atoms with Crippen molar-refractivity contribution in [3.05, 3.63) is 36.5 Å². The number of aliphatic hydroxyl groups excluding tert-OH is 4. The molecule has 0 radical (unpaired) electrons. The van der Waals surface area contributed by atoms with E-state index in [0.29, 0.717) is 19.3 Å². The van der Waals surface area contributed by atoms with Crippen molar-refractivity contribution in [3.8, 4) is 0 Å². The summed E-state index contributed by atoms with van der Waals surface area (Å²) in [5.74, 6) is -0.595. The number of aliphatic hydroxyl groups is 4. The third-order valence-corrected chi connectivity index (χ3v) is 13.3. The van der Waals surface area contributed by atoms with Crippen molar-refractivity contribution in [2.45, 2.75) is 321 Å². The number of hydrogen-bond acceptors (Lipinski definition) is 5. The second-order valence-corrected chi connectivity index (χ2v) is 19.6. The highest BCUT2D eigenvalue weighted by atomic mass is 16.3. The van der Waals surface area contributed by atoms with E-state index in [1.54, 1.807) is 0 Å². The smallest absolute Gasteiger partial charge is 0.249 e. The molecule has 0 saturated heterocycles. The second kappa shape index (κ2) is 52.5. The van der Waals surface area contributed by atoms with Gasteiger partial charge in [-0.3, -0.25) is 4.79 Å². The number of carbonyl (C=O) groups excluding carboxylic acids is 1. The van der Waals surface area contributed by atoms with Gasteiger partial charge in [-0.15, -0.1) is 0 Å². The normalized spacial score (nSPS) is 14.0. The van der Waals surface area contributed by atoms with Crippen LogP contribution in [0.15, 0.2) is 36.5 Å². The molecule has 378 valence electrons. The zero-order valence-electron chi connectivity index (χ0n) is 42.8. The van der Waals surface area contributed by atoms with Crippen LogP contribution in [0.2, 0.25) is 0 Å². The fourth-order valence-electron chi connectivity index (χ4n) is 8.83. The van der Waals surface area contributed by atoms with Crippen LogP contribution in [0, 0.1) is 0 Å². The minimum Gasteiger partial charge on any atom is -0.394 e. The highest BCUT2D eigenvalue weighted by molar-refractivity contribution is 5.80. The van der Waals surface area contributed by atoms with Crippen molar-refractivity contribution in [1.29, 1.82) is 0 Å². The van der Waals surface area contributed by atoms with Gasteiger partial charge >= 0.3 is 0 Å². The summed E-state index contributed by atoms with van der Waals surface area (Å²) in [4.78, 5) is 12.6. The highest BCUT2D eigenvalue weighted by Crippen LogP contribution is 2.17. The fourth-order valence-corrected chi connectivity index (χ4v) is 8.83. The molecular weight excluding hydrogens is 791 g/mol. The zero-order chi connectivity index (χ0) is 46.7. The first kappa shape index (κ1) is 62.5. The summed E-state index contributed by atoms with van der Waals surface area (Å²) >= 11 is 0. The molecule has 6 nitrogen and oxygen atoms in total. The topological polar surface area (TPSA) is 110 Å². The van der Waals surface area contributed by atoms with Gasteiger partial charge in [-0.25, -0.2) is 0 Å². The van der Waals surface area contributed by atoms with Crippen LogP contribution in [0.3, 0.4) is 0 Å². The van der Waals surface area contributed by atoms with Gasteiger partial charge in [0.15, 0.2) is 0 Å². The Labute approximate surface area is 398 Å². The van der Waals surface area contributed by atoms with Crippen LogP contribution in [0.1, 0.15) is 296 Å². The molecule has 5 N–H and O–H groups in total. The third kappa shape index (κ3) is 45.7. The predicted molar refractivity (Wildman–Crippen MR) is 279 cm³/mol. The first-order valence-corrected chi connectivity index (χ1v) is 28.4. The summed E-state index contributed by atoms with van der Waals surface area (Å²) in [6, 6.07) is -1.01. The molecule has 0 heterocycles. The molecule has 0 bridgehead atoms. The van der Waals surface area contributed by atoms with Gasteiger partial charge in [0.25, 0.3) is 0 Å². The molecule has 6 heteroatoms. The Hall–Kier alpha value is -1.47. The lowest BCUT2D eigenvalue weighted by Crippen LogP contribution is -2.53. The molecule has 0 aromatic rings. The van der Waals surface area contributed by atoms with Crippen molar-refractivity contribution in [2.75, 3.05) is 6.61 Å². The van der Waals surface area contributed by atoms with Gasteiger partial charge in [0.1, 0.15) is 12.2 Å². The molecule has 0 rings (SSSR count). The Morgan fingerprint density at radius 3 is 0.984 bits per heavy atom. The van der Waals surface area contributed by atoms with Crippen molar-refractivity contribution < 1.29 is 25.2 Å². The quantitative estimate of drug-likeness (QED) is 0.0309. The molecule has 0 aliphatic rings. The Balaban J connectivity index is 3.57. The molecule has 4 unspecified atom stereocenters. The molecule has 0 aromatic heterocycles. The minimum atomic E-state index is -1.29. The molecule has 0 aliphatic carbocycles. The van der Waals surface area contributed by atoms with E-state index in [9.17, 15) is 25.2 Å². The second-order valence-electron chi connectivity index (χ2n) is 19.6. The van der Waals surface area contributed by atoms with Crippen LogP contribution in [-0.2, 0) is 4.79 Å². The van der Waals surface area contributed by atoms with Crippen molar-refractivity contribution in [3.63, 3.8) is 0 Å². The van der Waals surface area contributed by atoms with Crippen LogP contribution >= 0.6 is 0 Å². The lowest BCUT2D eigenvalue weighted by atomic mass is 10.00. The molecule has 0 aromatic carbocycles. The van der Waals surface area contributed by atoms with Gasteiger partial charge in [-0.05, 0) is 77.0 Å². The summed E-state index contributed by atoms with van der Waals surface area (Å²) in [5, 5.41) is 43.8. The zero-order valence-corrected chi connectivity index (χ0v) is 42.8. The summed E-state index contributed by atoms with van der Waals surface area (Å²) in [6.45, 7) is 4.04. The fraction of sp³-hybridized carbons (Fsp3) is 0.879. The summed E-state index contributed by atoms with van der Waals surface area (Å²) < 4.78 is 0. The number of carbonyl (C=O) groups is 1. The monoisotopic (exact) mass is 902 g/mol. The maximum atomic E-state index is 12.6. The number of nitrogens with one attached hydrogen (secondary N) is 1. The highest BCUT2D eigenvalue weighted by Gasteiger charge is 2.28. The van der Waals surface area contributed by atoms with Crippen LogP contribution < -0.4 is 5.32 Å². The van der Waals surface area contributed by atoms with E-state index in [2.05, 4.69) is 55.6 Å². The van der Waals surface area contributed by atoms with Crippen LogP contribution in [-0.4, -0.2) is 57.3 Å². The molecular formula is C58H111NO5. The number of rotatable bonds is 52. The van der Waals surface area contributed by atoms with Crippen LogP contribution in [0.25, 0.3) is 0 Å². The molecule has 0 aliphatic heterocycles. The number of unbranched alkanes of at least 4 members (excludes halogenated alkanes) is 37. The number of hydrogen-bond donors (Lipinski definition) is 5. The lowest BCUT2D eigenvalue weighted by molar-refractivity contribution is -0.132. The van der Waals surface area contributed by atoms with E-state index in [0.717, 1.165) is 38.5 Å². The largest absolute Gasteiger partial charge is 0.394 e. The molecule has 1 amide bonds. The predicted octanol–water partition coefficient (Wildman–Crippen LogP) is 16.4. The Morgan fingerprint density at radius 1 is 0.375 bits per heavy atom. The first-order valence-electron chi connectivity index (χ1n) is 28.4. The van der Waals surface area contributed by atoms with Crippen LogP contribution in [0.5, 0.6) is 0 Å². The molecule has 64 heavy (non-hydrogen) atoms. The number of allylic oxidation sites excluding steroid dienone is 6. The first-order chi connectivity index (χ1) is 31.5. The SMILES string of the molecule is CCCCCCC/C=C/CC/C=C/CCCC(O)C(O)C(CO)NC(=O)C(O)CCCCCCCCCCCCCCCCCC/C=C\CCCCCCCCCCCCCCCC. The Kier molecular flexibility index (Phi) is 51.3. The molecule has 0 spiro atoms. The Bertz CT molecular complexity index is 1010.